The van der Waals surface area contributed by atoms with Gasteiger partial charge in [-0.25, -0.2) is 4.79 Å². The summed E-state index contributed by atoms with van der Waals surface area (Å²) < 4.78 is 4.78. The van der Waals surface area contributed by atoms with Crippen molar-refractivity contribution in [1.29, 1.82) is 0 Å². The summed E-state index contributed by atoms with van der Waals surface area (Å²) in [7, 11) is 0. The SMILES string of the molecule is CC(=O)OCC1=CSC2C(N)C(=O)N2C1C(=O)O. The van der Waals surface area contributed by atoms with Crippen LogP contribution in [0.1, 0.15) is 6.92 Å². The molecule has 0 bridgehead atoms. The molecule has 2 heterocycles. The fourth-order valence-corrected chi connectivity index (χ4v) is 3.06. The van der Waals surface area contributed by atoms with Gasteiger partial charge in [0.25, 0.3) is 0 Å². The molecule has 8 heteroatoms. The van der Waals surface area contributed by atoms with Gasteiger partial charge in [-0.1, -0.05) is 0 Å². The summed E-state index contributed by atoms with van der Waals surface area (Å²) >= 11 is 1.27. The Morgan fingerprint density at radius 2 is 2.28 bits per heavy atom. The van der Waals surface area contributed by atoms with Crippen LogP contribution < -0.4 is 5.73 Å². The van der Waals surface area contributed by atoms with Crippen LogP contribution in [0.3, 0.4) is 0 Å². The van der Waals surface area contributed by atoms with Crippen molar-refractivity contribution in [1.82, 2.24) is 4.90 Å². The second kappa shape index (κ2) is 4.62. The second-order valence-corrected chi connectivity index (χ2v) is 5.00. The lowest BCUT2D eigenvalue weighted by Gasteiger charge is -2.49. The van der Waals surface area contributed by atoms with Gasteiger partial charge in [-0.2, -0.15) is 0 Å². The van der Waals surface area contributed by atoms with Gasteiger partial charge >= 0.3 is 11.9 Å². The minimum absolute atomic E-state index is 0.134. The Labute approximate surface area is 107 Å². The molecule has 0 aromatic heterocycles. The minimum atomic E-state index is -1.15. The highest BCUT2D eigenvalue weighted by Crippen LogP contribution is 2.39. The van der Waals surface area contributed by atoms with E-state index in [0.717, 1.165) is 0 Å². The highest BCUT2D eigenvalue weighted by molar-refractivity contribution is 8.02. The van der Waals surface area contributed by atoms with Gasteiger partial charge < -0.3 is 20.5 Å². The molecule has 2 rings (SSSR count). The summed E-state index contributed by atoms with van der Waals surface area (Å²) in [6, 6.07) is -1.76. The first kappa shape index (κ1) is 12.9. The topological polar surface area (TPSA) is 110 Å². The second-order valence-electron chi connectivity index (χ2n) is 4.01. The average molecular weight is 272 g/mol. The maximum Gasteiger partial charge on any atom is 0.330 e. The lowest BCUT2D eigenvalue weighted by atomic mass is 9.99. The van der Waals surface area contributed by atoms with E-state index in [4.69, 9.17) is 10.5 Å². The number of aliphatic carboxylic acids is 1. The number of carboxylic acids is 1. The summed E-state index contributed by atoms with van der Waals surface area (Å²) in [6.07, 6.45) is 0. The van der Waals surface area contributed by atoms with Crippen LogP contribution in [0.2, 0.25) is 0 Å². The number of nitrogens with two attached hydrogens (primary N) is 1. The molecule has 18 heavy (non-hydrogen) atoms. The van der Waals surface area contributed by atoms with E-state index in [1.165, 1.54) is 23.6 Å². The number of esters is 1. The predicted octanol–water partition coefficient (Wildman–Crippen LogP) is -0.871. The van der Waals surface area contributed by atoms with E-state index in [0.29, 0.717) is 5.57 Å². The summed E-state index contributed by atoms with van der Waals surface area (Å²) in [5.74, 6) is -2.05. The summed E-state index contributed by atoms with van der Waals surface area (Å²) in [4.78, 5) is 34.8. The van der Waals surface area contributed by atoms with Crippen LogP contribution in [0.15, 0.2) is 11.0 Å². The first-order valence-electron chi connectivity index (χ1n) is 5.22. The highest BCUT2D eigenvalue weighted by atomic mass is 32.2. The normalized spacial score (nSPS) is 30.1. The molecule has 0 aromatic rings. The molecule has 3 atom stereocenters. The van der Waals surface area contributed by atoms with Gasteiger partial charge in [0, 0.05) is 12.5 Å². The maximum absolute atomic E-state index is 11.6. The number of β-lactam (4-membered cyclic amide) rings is 1. The first-order valence-corrected chi connectivity index (χ1v) is 6.16. The number of carboxylic acid groups (broad SMARTS) is 1. The Kier molecular flexibility index (Phi) is 3.31. The summed E-state index contributed by atoms with van der Waals surface area (Å²) in [6.45, 7) is 1.10. The van der Waals surface area contributed by atoms with E-state index >= 15 is 0 Å². The largest absolute Gasteiger partial charge is 0.479 e. The maximum atomic E-state index is 11.6. The van der Waals surface area contributed by atoms with E-state index in [2.05, 4.69) is 0 Å². The molecular weight excluding hydrogens is 260 g/mol. The monoisotopic (exact) mass is 272 g/mol. The molecule has 0 saturated carbocycles. The number of carbonyl (C=O) groups excluding carboxylic acids is 2. The van der Waals surface area contributed by atoms with Crippen LogP contribution in [-0.2, 0) is 19.1 Å². The number of amides is 1. The predicted molar refractivity (Wildman–Crippen MR) is 62.3 cm³/mol. The van der Waals surface area contributed by atoms with E-state index < -0.39 is 29.9 Å². The molecule has 0 aliphatic carbocycles. The summed E-state index contributed by atoms with van der Waals surface area (Å²) in [5, 5.41) is 10.4. The number of hydrogen-bond acceptors (Lipinski definition) is 6. The third-order valence-corrected chi connectivity index (χ3v) is 4.02. The molecule has 3 unspecified atom stereocenters. The van der Waals surface area contributed by atoms with Crippen LogP contribution in [-0.4, -0.2) is 51.9 Å². The molecule has 0 radical (unpaired) electrons. The molecule has 1 fully saturated rings. The van der Waals surface area contributed by atoms with Gasteiger partial charge in [-0.3, -0.25) is 9.59 Å². The molecule has 2 aliphatic rings. The molecule has 98 valence electrons. The molecule has 0 spiro atoms. The van der Waals surface area contributed by atoms with E-state index in [9.17, 15) is 19.5 Å². The Balaban J connectivity index is 2.19. The fourth-order valence-electron chi connectivity index (χ4n) is 1.91. The number of thioether (sulfide) groups is 1. The van der Waals surface area contributed by atoms with Crippen molar-refractivity contribution >= 4 is 29.6 Å². The van der Waals surface area contributed by atoms with E-state index in [1.807, 2.05) is 0 Å². The molecule has 2 aliphatic heterocycles. The zero-order chi connectivity index (χ0) is 13.4. The number of fused-ring (bicyclic) bond motifs is 1. The van der Waals surface area contributed by atoms with Gasteiger partial charge in [-0.05, 0) is 5.41 Å². The minimum Gasteiger partial charge on any atom is -0.479 e. The van der Waals surface area contributed by atoms with Crippen LogP contribution in [0.4, 0.5) is 0 Å². The van der Waals surface area contributed by atoms with Gasteiger partial charge in [0.2, 0.25) is 5.91 Å². The molecule has 0 aromatic carbocycles. The van der Waals surface area contributed by atoms with Crippen molar-refractivity contribution in [2.24, 2.45) is 5.73 Å². The smallest absolute Gasteiger partial charge is 0.330 e. The molecular formula is C10H12N2O5S. The van der Waals surface area contributed by atoms with Crippen molar-refractivity contribution in [3.05, 3.63) is 11.0 Å². The van der Waals surface area contributed by atoms with Gasteiger partial charge in [0.05, 0.1) is 0 Å². The number of rotatable bonds is 3. The van der Waals surface area contributed by atoms with E-state index in [1.54, 1.807) is 5.41 Å². The highest BCUT2D eigenvalue weighted by Gasteiger charge is 2.53. The zero-order valence-electron chi connectivity index (χ0n) is 9.53. The van der Waals surface area contributed by atoms with Crippen LogP contribution >= 0.6 is 11.8 Å². The number of carbonyl (C=O) groups is 3. The number of ether oxygens (including phenoxy) is 1. The Morgan fingerprint density at radius 3 is 2.83 bits per heavy atom. The third kappa shape index (κ3) is 1.97. The van der Waals surface area contributed by atoms with E-state index in [-0.39, 0.29) is 12.0 Å². The Bertz CT molecular complexity index is 450. The number of nitrogens with zero attached hydrogens (tertiary/aromatic N) is 1. The van der Waals surface area contributed by atoms with Crippen LogP contribution in [0.25, 0.3) is 0 Å². The lowest BCUT2D eigenvalue weighted by Crippen LogP contribution is -2.72. The van der Waals surface area contributed by atoms with Crippen molar-refractivity contribution in [3.8, 4) is 0 Å². The molecule has 1 saturated heterocycles. The fraction of sp³-hybridized carbons (Fsp3) is 0.500. The quantitative estimate of drug-likeness (QED) is 0.507. The van der Waals surface area contributed by atoms with Crippen LogP contribution in [0, 0.1) is 0 Å². The Morgan fingerprint density at radius 1 is 1.61 bits per heavy atom. The summed E-state index contributed by atoms with van der Waals surface area (Å²) in [5.41, 5.74) is 5.96. The number of hydrogen-bond donors (Lipinski definition) is 2. The van der Waals surface area contributed by atoms with Crippen molar-refractivity contribution in [2.45, 2.75) is 24.4 Å². The van der Waals surface area contributed by atoms with Gasteiger partial charge in [0.1, 0.15) is 18.0 Å². The first-order chi connectivity index (χ1) is 8.43. The van der Waals surface area contributed by atoms with Gasteiger partial charge in [-0.15, -0.1) is 11.8 Å². The Hall–Kier alpha value is -1.54. The van der Waals surface area contributed by atoms with Crippen molar-refractivity contribution < 1.29 is 24.2 Å². The average Bonchev–Trinajstić information content (AvgIpc) is 2.33. The standard InChI is InChI=1S/C10H12N2O5S/c1-4(13)17-2-5-3-18-9-6(11)8(14)12(9)7(5)10(15)16/h3,6-7,9H,2,11H2,1H3,(H,15,16). The molecule has 3 N–H and O–H groups in total. The third-order valence-electron chi connectivity index (χ3n) is 2.79. The zero-order valence-corrected chi connectivity index (χ0v) is 10.3. The van der Waals surface area contributed by atoms with Crippen LogP contribution in [0.5, 0.6) is 0 Å². The molecule has 1 amide bonds. The van der Waals surface area contributed by atoms with Crippen molar-refractivity contribution in [3.63, 3.8) is 0 Å². The van der Waals surface area contributed by atoms with Crippen molar-refractivity contribution in [2.75, 3.05) is 6.61 Å². The molecule has 7 nitrogen and oxygen atoms in total. The lowest BCUT2D eigenvalue weighted by molar-refractivity contribution is -0.158. The van der Waals surface area contributed by atoms with Gasteiger partial charge in [0.15, 0.2) is 6.04 Å².